The van der Waals surface area contributed by atoms with Gasteiger partial charge in [0.05, 0.1) is 23.5 Å². The van der Waals surface area contributed by atoms with Crippen molar-refractivity contribution in [1.82, 2.24) is 5.32 Å². The van der Waals surface area contributed by atoms with Crippen LogP contribution in [0.5, 0.6) is 0 Å². The highest BCUT2D eigenvalue weighted by Crippen LogP contribution is 2.33. The zero-order chi connectivity index (χ0) is 22.3. The van der Waals surface area contributed by atoms with E-state index in [4.69, 9.17) is 9.47 Å². The van der Waals surface area contributed by atoms with E-state index in [9.17, 15) is 19.2 Å². The second-order valence-corrected chi connectivity index (χ2v) is 8.01. The van der Waals surface area contributed by atoms with Gasteiger partial charge < -0.3 is 20.1 Å². The van der Waals surface area contributed by atoms with Crippen molar-refractivity contribution in [2.24, 2.45) is 0 Å². The summed E-state index contributed by atoms with van der Waals surface area (Å²) in [6.07, 6.45) is 0.0214. The van der Waals surface area contributed by atoms with Gasteiger partial charge >= 0.3 is 11.9 Å². The number of rotatable bonds is 8. The number of thiophene rings is 1. The Labute approximate surface area is 186 Å². The van der Waals surface area contributed by atoms with Gasteiger partial charge in [-0.3, -0.25) is 14.4 Å². The van der Waals surface area contributed by atoms with Gasteiger partial charge in [-0.15, -0.1) is 11.3 Å². The number of ether oxygens (including phenoxy) is 2. The summed E-state index contributed by atoms with van der Waals surface area (Å²) in [5.74, 6) is -2.23. The molecule has 0 fully saturated rings. The fourth-order valence-corrected chi connectivity index (χ4v) is 3.93. The Kier molecular flexibility index (Phi) is 8.55. The first-order chi connectivity index (χ1) is 14.3. The normalized spacial score (nSPS) is 10.3. The fourth-order valence-electron chi connectivity index (χ4n) is 2.51. The zero-order valence-electron chi connectivity index (χ0n) is 16.7. The van der Waals surface area contributed by atoms with E-state index in [1.54, 1.807) is 38.1 Å². The third kappa shape index (κ3) is 6.14. The third-order valence-electron chi connectivity index (χ3n) is 3.94. The average molecular weight is 497 g/mol. The van der Waals surface area contributed by atoms with Crippen molar-refractivity contribution in [3.8, 4) is 0 Å². The lowest BCUT2D eigenvalue weighted by Crippen LogP contribution is -2.22. The first-order valence-corrected chi connectivity index (χ1v) is 10.6. The molecule has 2 aromatic rings. The Bertz CT molecular complexity index is 955. The van der Waals surface area contributed by atoms with Gasteiger partial charge in [-0.1, -0.05) is 28.1 Å². The van der Waals surface area contributed by atoms with Crippen LogP contribution in [0.4, 0.5) is 5.00 Å². The van der Waals surface area contributed by atoms with Crippen LogP contribution in [-0.2, 0) is 25.5 Å². The van der Waals surface area contributed by atoms with Crippen LogP contribution in [-0.4, -0.2) is 44.0 Å². The number of hydrogen-bond acceptors (Lipinski definition) is 7. The maximum Gasteiger partial charge on any atom is 0.341 e. The summed E-state index contributed by atoms with van der Waals surface area (Å²) in [5, 5.41) is 5.19. The van der Waals surface area contributed by atoms with Crippen LogP contribution in [0.3, 0.4) is 0 Å². The Morgan fingerprint density at radius 1 is 1.10 bits per heavy atom. The van der Waals surface area contributed by atoms with Crippen molar-refractivity contribution in [1.29, 1.82) is 0 Å². The van der Waals surface area contributed by atoms with Crippen LogP contribution >= 0.6 is 27.3 Å². The maximum atomic E-state index is 12.3. The van der Waals surface area contributed by atoms with Crippen LogP contribution in [0.15, 0.2) is 28.7 Å². The van der Waals surface area contributed by atoms with E-state index < -0.39 is 24.5 Å². The Morgan fingerprint density at radius 2 is 1.77 bits per heavy atom. The molecule has 0 saturated heterocycles. The molecule has 0 atom stereocenters. The Morgan fingerprint density at radius 3 is 2.37 bits per heavy atom. The first kappa shape index (κ1) is 23.6. The summed E-state index contributed by atoms with van der Waals surface area (Å²) in [6, 6.07) is 7.14. The number of nitrogens with one attached hydrogen (secondary N) is 2. The predicted molar refractivity (Wildman–Crippen MR) is 116 cm³/mol. The molecule has 2 rings (SSSR count). The van der Waals surface area contributed by atoms with Crippen molar-refractivity contribution in [3.05, 3.63) is 50.3 Å². The van der Waals surface area contributed by atoms with Gasteiger partial charge in [-0.2, -0.15) is 0 Å². The van der Waals surface area contributed by atoms with Crippen molar-refractivity contribution in [2.75, 3.05) is 25.6 Å². The van der Waals surface area contributed by atoms with Crippen molar-refractivity contribution >= 4 is 56.0 Å². The van der Waals surface area contributed by atoms with Gasteiger partial charge in [-0.25, -0.2) is 4.79 Å². The highest BCUT2D eigenvalue weighted by Gasteiger charge is 2.26. The largest absolute Gasteiger partial charge is 0.462 e. The number of esters is 2. The van der Waals surface area contributed by atoms with Crippen molar-refractivity contribution in [2.45, 2.75) is 20.3 Å². The summed E-state index contributed by atoms with van der Waals surface area (Å²) >= 11 is 4.26. The molecular formula is C20H21BrN2O6S. The summed E-state index contributed by atoms with van der Waals surface area (Å²) < 4.78 is 10.9. The van der Waals surface area contributed by atoms with Gasteiger partial charge in [-0.05, 0) is 37.1 Å². The van der Waals surface area contributed by atoms with Crippen molar-refractivity contribution in [3.63, 3.8) is 0 Å². The molecule has 0 bridgehead atoms. The van der Waals surface area contributed by atoms with Crippen LogP contribution in [0.1, 0.15) is 38.1 Å². The molecule has 0 spiro atoms. The van der Waals surface area contributed by atoms with E-state index >= 15 is 0 Å². The molecule has 0 saturated carbocycles. The average Bonchev–Trinajstić information content (AvgIpc) is 3.03. The van der Waals surface area contributed by atoms with Gasteiger partial charge in [0.1, 0.15) is 5.00 Å². The molecular weight excluding hydrogens is 476 g/mol. The van der Waals surface area contributed by atoms with Gasteiger partial charge in [0.25, 0.3) is 11.8 Å². The second kappa shape index (κ2) is 10.9. The molecule has 0 radical (unpaired) electrons. The van der Waals surface area contributed by atoms with Crippen molar-refractivity contribution < 1.29 is 28.7 Å². The lowest BCUT2D eigenvalue weighted by atomic mass is 10.1. The summed E-state index contributed by atoms with van der Waals surface area (Å²) in [7, 11) is 1.47. The number of hydrogen-bond donors (Lipinski definition) is 2. The third-order valence-corrected chi connectivity index (χ3v) is 5.67. The molecule has 30 heavy (non-hydrogen) atoms. The number of benzene rings is 1. The lowest BCUT2D eigenvalue weighted by Gasteiger charge is -2.08. The zero-order valence-corrected chi connectivity index (χ0v) is 19.1. The number of carbonyl (C=O) groups excluding carboxylic acids is 4. The smallest absolute Gasteiger partial charge is 0.341 e. The topological polar surface area (TPSA) is 111 Å². The molecule has 2 N–H and O–H groups in total. The first-order valence-electron chi connectivity index (χ1n) is 8.99. The van der Waals surface area contributed by atoms with E-state index in [2.05, 4.69) is 26.6 Å². The van der Waals surface area contributed by atoms with Crippen LogP contribution in [0.25, 0.3) is 0 Å². The molecule has 1 aromatic carbocycles. The van der Waals surface area contributed by atoms with Crippen LogP contribution in [0, 0.1) is 6.92 Å². The van der Waals surface area contributed by atoms with E-state index in [0.717, 1.165) is 21.4 Å². The molecule has 1 heterocycles. The minimum atomic E-state index is -0.649. The molecule has 0 unspecified atom stereocenters. The van der Waals surface area contributed by atoms with E-state index in [1.165, 1.54) is 7.05 Å². The highest BCUT2D eigenvalue weighted by molar-refractivity contribution is 9.10. The molecule has 1 aromatic heterocycles. The minimum absolute atomic E-state index is 0.0214. The van der Waals surface area contributed by atoms with E-state index in [1.807, 2.05) is 0 Å². The summed E-state index contributed by atoms with van der Waals surface area (Å²) in [5.41, 5.74) is 1.26. The van der Waals surface area contributed by atoms with Gasteiger partial charge in [0.2, 0.25) is 0 Å². The maximum absolute atomic E-state index is 12.3. The van der Waals surface area contributed by atoms with Crippen LogP contribution in [0.2, 0.25) is 0 Å². The molecule has 0 aliphatic rings. The second-order valence-electron chi connectivity index (χ2n) is 6.07. The standard InChI is InChI=1S/C20H21BrN2O6S/c1-4-28-20(27)16-11(2)17(18(26)22-3)30-19(16)23-14(24)10-29-15(25)9-12-5-7-13(21)8-6-12/h5-8H,4,9-10H2,1-3H3,(H,22,26)(H,23,24). The minimum Gasteiger partial charge on any atom is -0.462 e. The molecule has 0 aliphatic heterocycles. The quantitative estimate of drug-likeness (QED) is 0.543. The molecule has 8 nitrogen and oxygen atoms in total. The predicted octanol–water partition coefficient (Wildman–Crippen LogP) is 3.08. The summed E-state index contributed by atoms with van der Waals surface area (Å²) in [4.78, 5) is 48.8. The lowest BCUT2D eigenvalue weighted by molar-refractivity contribution is -0.146. The monoisotopic (exact) mass is 496 g/mol. The molecule has 2 amide bonds. The van der Waals surface area contributed by atoms with Crippen LogP contribution < -0.4 is 10.6 Å². The van der Waals surface area contributed by atoms with Gasteiger partial charge in [0, 0.05) is 11.5 Å². The van der Waals surface area contributed by atoms with E-state index in [-0.39, 0.29) is 34.4 Å². The Balaban J connectivity index is 2.05. The van der Waals surface area contributed by atoms with Gasteiger partial charge in [0.15, 0.2) is 6.61 Å². The fraction of sp³-hybridized carbons (Fsp3) is 0.300. The molecule has 160 valence electrons. The number of amides is 2. The highest BCUT2D eigenvalue weighted by atomic mass is 79.9. The summed E-state index contributed by atoms with van der Waals surface area (Å²) in [6.45, 7) is 2.87. The Hall–Kier alpha value is -2.72. The SMILES string of the molecule is CCOC(=O)c1c(NC(=O)COC(=O)Cc2ccc(Br)cc2)sc(C(=O)NC)c1C. The number of halogens is 1. The molecule has 0 aliphatic carbocycles. The number of carbonyl (C=O) groups is 4. The van der Waals surface area contributed by atoms with E-state index in [0.29, 0.717) is 5.56 Å². The number of anilines is 1. The molecule has 10 heteroatoms.